The van der Waals surface area contributed by atoms with E-state index in [1.807, 2.05) is 0 Å². The van der Waals surface area contributed by atoms with E-state index in [-0.39, 0.29) is 0 Å². The first-order chi connectivity index (χ1) is 29.1. The number of anilines is 5. The molecule has 0 fully saturated rings. The number of rotatable bonds is 12. The molecule has 0 spiro atoms. The Labute approximate surface area is 350 Å². The summed E-state index contributed by atoms with van der Waals surface area (Å²) in [5.74, 6) is 0. The van der Waals surface area contributed by atoms with E-state index in [1.54, 1.807) is 0 Å². The minimum Gasteiger partial charge on any atom is -0.311 e. The van der Waals surface area contributed by atoms with Crippen molar-refractivity contribution < 1.29 is 0 Å². The van der Waals surface area contributed by atoms with Gasteiger partial charge in [-0.15, -0.1) is 0 Å². The van der Waals surface area contributed by atoms with Crippen molar-refractivity contribution in [3.8, 4) is 22.3 Å². The third-order valence-corrected chi connectivity index (χ3v) is 10.6. The van der Waals surface area contributed by atoms with E-state index in [1.165, 1.54) is 38.9 Å². The Morgan fingerprint density at radius 1 is 0.373 bits per heavy atom. The molecule has 2 heteroatoms. The molecule has 0 N–H and O–H groups in total. The van der Waals surface area contributed by atoms with Gasteiger partial charge in [0.15, 0.2) is 0 Å². The van der Waals surface area contributed by atoms with Gasteiger partial charge in [-0.05, 0) is 120 Å². The predicted octanol–water partition coefficient (Wildman–Crippen LogP) is 16.2. The largest absolute Gasteiger partial charge is 0.311 e. The van der Waals surface area contributed by atoms with Crippen LogP contribution in [0.25, 0.3) is 46.2 Å². The zero-order valence-electron chi connectivity index (χ0n) is 33.9. The smallest absolute Gasteiger partial charge is 0.0497 e. The lowest BCUT2D eigenvalue weighted by atomic mass is 10.00. The van der Waals surface area contributed by atoms with Crippen molar-refractivity contribution >= 4 is 52.4 Å². The summed E-state index contributed by atoms with van der Waals surface area (Å²) in [4.78, 5) is 4.64. The fourth-order valence-electron chi connectivity index (χ4n) is 7.55. The normalized spacial score (nSPS) is 11.6. The highest BCUT2D eigenvalue weighted by Crippen LogP contribution is 2.38. The van der Waals surface area contributed by atoms with Crippen molar-refractivity contribution in [2.75, 3.05) is 9.80 Å². The van der Waals surface area contributed by atoms with Gasteiger partial charge >= 0.3 is 0 Å². The number of para-hydroxylation sites is 2. The van der Waals surface area contributed by atoms with Crippen LogP contribution in [0.3, 0.4) is 0 Å². The van der Waals surface area contributed by atoms with Gasteiger partial charge in [-0.3, -0.25) is 0 Å². The van der Waals surface area contributed by atoms with Gasteiger partial charge in [0.25, 0.3) is 0 Å². The molecule has 0 atom stereocenters. The van der Waals surface area contributed by atoms with Gasteiger partial charge in [-0.25, -0.2) is 0 Å². The van der Waals surface area contributed by atoms with Crippen LogP contribution in [0, 0.1) is 6.92 Å². The molecule has 8 aromatic carbocycles. The van der Waals surface area contributed by atoms with Gasteiger partial charge in [0, 0.05) is 39.7 Å². The lowest BCUT2D eigenvalue weighted by Crippen LogP contribution is -2.16. The molecule has 0 heterocycles. The van der Waals surface area contributed by atoms with Crippen LogP contribution in [-0.2, 0) is 0 Å². The molecule has 0 aromatic heterocycles. The fourth-order valence-corrected chi connectivity index (χ4v) is 7.55. The number of aryl methyl sites for hydroxylation is 1. The van der Waals surface area contributed by atoms with Gasteiger partial charge in [0.2, 0.25) is 0 Å². The van der Waals surface area contributed by atoms with E-state index >= 15 is 0 Å². The van der Waals surface area contributed by atoms with Crippen LogP contribution < -0.4 is 9.80 Å². The molecule has 0 amide bonds. The lowest BCUT2D eigenvalue weighted by Gasteiger charge is -2.29. The first-order valence-electron chi connectivity index (χ1n) is 20.3. The molecular formula is C57H48N2. The summed E-state index contributed by atoms with van der Waals surface area (Å²) in [6.45, 7) is 6.32. The molecule has 8 rings (SSSR count). The Bertz CT molecular complexity index is 2630. The van der Waals surface area contributed by atoms with Crippen LogP contribution in [0.15, 0.2) is 218 Å². The summed E-state index contributed by atoms with van der Waals surface area (Å²) in [7, 11) is 0. The van der Waals surface area contributed by atoms with Crippen LogP contribution >= 0.6 is 0 Å². The highest BCUT2D eigenvalue weighted by molar-refractivity contribution is 5.91. The third kappa shape index (κ3) is 8.94. The molecule has 0 bridgehead atoms. The van der Waals surface area contributed by atoms with E-state index in [9.17, 15) is 0 Å². The van der Waals surface area contributed by atoms with Crippen LogP contribution in [0.1, 0.15) is 41.7 Å². The highest BCUT2D eigenvalue weighted by Gasteiger charge is 2.18. The number of benzene rings is 8. The van der Waals surface area contributed by atoms with E-state index in [4.69, 9.17) is 0 Å². The topological polar surface area (TPSA) is 6.48 Å². The van der Waals surface area contributed by atoms with Crippen LogP contribution in [-0.4, -0.2) is 0 Å². The van der Waals surface area contributed by atoms with Gasteiger partial charge in [-0.2, -0.15) is 0 Å². The Balaban J connectivity index is 0.961. The third-order valence-electron chi connectivity index (χ3n) is 10.6. The SMILES string of the molecule is C/C=C\c1ccccc1/C(=C\C)N(c1ccc(C)cc1)c1ccc(-c2ccc(/C=C/c3ccc(-c4ccc(N(c5ccccc5)c5ccccc5)cc4)cc3)cc2)cc1. The van der Waals surface area contributed by atoms with Gasteiger partial charge < -0.3 is 9.80 Å². The second-order valence-corrected chi connectivity index (χ2v) is 14.6. The lowest BCUT2D eigenvalue weighted by molar-refractivity contribution is 1.27. The highest BCUT2D eigenvalue weighted by atomic mass is 15.2. The van der Waals surface area contributed by atoms with Crippen molar-refractivity contribution in [1.82, 2.24) is 0 Å². The zero-order valence-corrected chi connectivity index (χ0v) is 33.9. The summed E-state index contributed by atoms with van der Waals surface area (Å²) in [6, 6.07) is 73.7. The van der Waals surface area contributed by atoms with Gasteiger partial charge in [0.1, 0.15) is 0 Å². The van der Waals surface area contributed by atoms with E-state index in [0.29, 0.717) is 0 Å². The summed E-state index contributed by atoms with van der Waals surface area (Å²) in [5, 5.41) is 0. The molecular weight excluding hydrogens is 713 g/mol. The van der Waals surface area contributed by atoms with Crippen molar-refractivity contribution in [1.29, 1.82) is 0 Å². The van der Waals surface area contributed by atoms with Gasteiger partial charge in [0.05, 0.1) is 0 Å². The van der Waals surface area contributed by atoms with Crippen LogP contribution in [0.5, 0.6) is 0 Å². The minimum absolute atomic E-state index is 1.11. The Hall–Kier alpha value is -7.42. The molecule has 0 saturated heterocycles. The number of hydrogen-bond donors (Lipinski definition) is 0. The van der Waals surface area contributed by atoms with Crippen LogP contribution in [0.2, 0.25) is 0 Å². The number of nitrogens with zero attached hydrogens (tertiary/aromatic N) is 2. The van der Waals surface area contributed by atoms with Crippen molar-refractivity contribution in [2.24, 2.45) is 0 Å². The van der Waals surface area contributed by atoms with Crippen molar-refractivity contribution in [3.63, 3.8) is 0 Å². The maximum absolute atomic E-state index is 2.36. The Morgan fingerprint density at radius 3 is 1.22 bits per heavy atom. The fraction of sp³-hybridized carbons (Fsp3) is 0.0526. The average Bonchev–Trinajstić information content (AvgIpc) is 3.30. The monoisotopic (exact) mass is 760 g/mol. The molecule has 0 aliphatic rings. The van der Waals surface area contributed by atoms with E-state index in [2.05, 4.69) is 267 Å². The molecule has 8 aromatic rings. The quantitative estimate of drug-likeness (QED) is 0.114. The second kappa shape index (κ2) is 18.2. The average molecular weight is 761 g/mol. The molecule has 0 unspecified atom stereocenters. The summed E-state index contributed by atoms with van der Waals surface area (Å²) < 4.78 is 0. The molecule has 0 aliphatic carbocycles. The number of hydrogen-bond acceptors (Lipinski definition) is 2. The maximum Gasteiger partial charge on any atom is 0.0497 e. The zero-order chi connectivity index (χ0) is 40.4. The summed E-state index contributed by atoms with van der Waals surface area (Å²) >= 11 is 0. The first kappa shape index (κ1) is 38.5. The summed E-state index contributed by atoms with van der Waals surface area (Å²) in [6.07, 6.45) is 10.9. The van der Waals surface area contributed by atoms with Crippen LogP contribution in [0.4, 0.5) is 28.4 Å². The Morgan fingerprint density at radius 2 is 0.763 bits per heavy atom. The predicted molar refractivity (Wildman–Crippen MR) is 255 cm³/mol. The summed E-state index contributed by atoms with van der Waals surface area (Å²) in [5.41, 5.74) is 17.5. The molecule has 2 nitrogen and oxygen atoms in total. The maximum atomic E-state index is 2.36. The van der Waals surface area contributed by atoms with Gasteiger partial charge in [-0.1, -0.05) is 182 Å². The second-order valence-electron chi connectivity index (χ2n) is 14.6. The van der Waals surface area contributed by atoms with Crippen molar-refractivity contribution in [3.05, 3.63) is 246 Å². The molecule has 0 radical (unpaired) electrons. The van der Waals surface area contributed by atoms with E-state index < -0.39 is 0 Å². The Kier molecular flexibility index (Phi) is 11.9. The van der Waals surface area contributed by atoms with Crippen molar-refractivity contribution in [2.45, 2.75) is 20.8 Å². The number of allylic oxidation sites excluding steroid dienone is 2. The van der Waals surface area contributed by atoms with E-state index in [0.717, 1.165) is 45.3 Å². The standard InChI is InChI=1S/C57H48N2/c1-4-14-50-15-12-13-20-56(50)57(5-2)59(54-37-21-43(3)22-38-54)55-41-35-49(36-42-55)47-31-27-45(28-32-47)24-23-44-25-29-46(30-26-44)48-33-39-53(40-34-48)58(51-16-8-6-9-17-51)52-18-10-7-11-19-52/h4-42H,1-3H3/b14-4-,24-23+,57-5+. The first-order valence-corrected chi connectivity index (χ1v) is 20.3. The molecule has 286 valence electrons. The molecule has 0 saturated carbocycles. The minimum atomic E-state index is 1.11. The molecule has 59 heavy (non-hydrogen) atoms. The molecule has 0 aliphatic heterocycles.